The zero-order valence-electron chi connectivity index (χ0n) is 11.9. The highest BCUT2D eigenvalue weighted by atomic mass is 16.5. The molecule has 0 aliphatic carbocycles. The molecule has 0 spiro atoms. The van der Waals surface area contributed by atoms with Crippen LogP contribution in [0, 0.1) is 0 Å². The SMILES string of the molecule is CCOCC(=O)N1c2ccccc2N(C)CC[C@@H]1C. The first-order valence-electron chi connectivity index (χ1n) is 6.85. The number of benzene rings is 1. The second kappa shape index (κ2) is 6.06. The number of fused-ring (bicyclic) bond motifs is 1. The molecule has 0 radical (unpaired) electrons. The lowest BCUT2D eigenvalue weighted by Crippen LogP contribution is -2.40. The molecule has 0 saturated carbocycles. The van der Waals surface area contributed by atoms with Crippen LogP contribution in [0.2, 0.25) is 0 Å². The third kappa shape index (κ3) is 2.89. The molecule has 1 heterocycles. The van der Waals surface area contributed by atoms with Crippen molar-refractivity contribution in [1.29, 1.82) is 0 Å². The van der Waals surface area contributed by atoms with Gasteiger partial charge in [0.15, 0.2) is 0 Å². The van der Waals surface area contributed by atoms with Gasteiger partial charge in [-0.05, 0) is 32.4 Å². The molecule has 2 rings (SSSR count). The first kappa shape index (κ1) is 13.9. The summed E-state index contributed by atoms with van der Waals surface area (Å²) in [5, 5.41) is 0. The maximum absolute atomic E-state index is 12.4. The number of para-hydroxylation sites is 2. The second-order valence-electron chi connectivity index (χ2n) is 4.95. The number of carbonyl (C=O) groups excluding carboxylic acids is 1. The summed E-state index contributed by atoms with van der Waals surface area (Å²) in [6.45, 7) is 5.67. The van der Waals surface area contributed by atoms with Crippen LogP contribution in [0.25, 0.3) is 0 Å². The molecule has 1 amide bonds. The van der Waals surface area contributed by atoms with Gasteiger partial charge in [0.25, 0.3) is 5.91 Å². The Morgan fingerprint density at radius 2 is 2.05 bits per heavy atom. The monoisotopic (exact) mass is 262 g/mol. The van der Waals surface area contributed by atoms with Gasteiger partial charge in [0.05, 0.1) is 11.4 Å². The Balaban J connectivity index is 2.34. The molecule has 0 N–H and O–H groups in total. The van der Waals surface area contributed by atoms with E-state index in [9.17, 15) is 4.79 Å². The van der Waals surface area contributed by atoms with Crippen LogP contribution < -0.4 is 9.80 Å². The summed E-state index contributed by atoms with van der Waals surface area (Å²) < 4.78 is 5.27. The Bertz CT molecular complexity index is 448. The predicted molar refractivity (Wildman–Crippen MR) is 77.8 cm³/mol. The van der Waals surface area contributed by atoms with Crippen LogP contribution in [-0.2, 0) is 9.53 Å². The summed E-state index contributed by atoms with van der Waals surface area (Å²) in [6, 6.07) is 8.26. The zero-order valence-corrected chi connectivity index (χ0v) is 11.9. The molecule has 104 valence electrons. The van der Waals surface area contributed by atoms with Crippen LogP contribution >= 0.6 is 0 Å². The van der Waals surface area contributed by atoms with E-state index in [4.69, 9.17) is 4.74 Å². The second-order valence-corrected chi connectivity index (χ2v) is 4.95. The number of rotatable bonds is 3. The van der Waals surface area contributed by atoms with Gasteiger partial charge in [-0.3, -0.25) is 4.79 Å². The first-order valence-corrected chi connectivity index (χ1v) is 6.85. The van der Waals surface area contributed by atoms with E-state index in [1.165, 1.54) is 0 Å². The molecule has 4 heteroatoms. The third-order valence-corrected chi connectivity index (χ3v) is 3.57. The van der Waals surface area contributed by atoms with Crippen LogP contribution in [0.5, 0.6) is 0 Å². The van der Waals surface area contributed by atoms with Crippen molar-refractivity contribution in [2.45, 2.75) is 26.3 Å². The minimum absolute atomic E-state index is 0.0390. The number of carbonyl (C=O) groups is 1. The predicted octanol–water partition coefficient (Wildman–Crippen LogP) is 2.28. The van der Waals surface area contributed by atoms with Crippen molar-refractivity contribution >= 4 is 17.3 Å². The lowest BCUT2D eigenvalue weighted by molar-refractivity contribution is -0.123. The van der Waals surface area contributed by atoms with Gasteiger partial charge in [0.2, 0.25) is 0 Å². The minimum atomic E-state index is 0.0390. The van der Waals surface area contributed by atoms with Crippen molar-refractivity contribution in [3.05, 3.63) is 24.3 Å². The van der Waals surface area contributed by atoms with Gasteiger partial charge in [0, 0.05) is 26.2 Å². The van der Waals surface area contributed by atoms with Gasteiger partial charge >= 0.3 is 0 Å². The highest BCUT2D eigenvalue weighted by molar-refractivity contribution is 5.98. The summed E-state index contributed by atoms with van der Waals surface area (Å²) in [5.74, 6) is 0.0390. The number of nitrogens with zero attached hydrogens (tertiary/aromatic N) is 2. The van der Waals surface area contributed by atoms with Gasteiger partial charge < -0.3 is 14.5 Å². The van der Waals surface area contributed by atoms with E-state index >= 15 is 0 Å². The lowest BCUT2D eigenvalue weighted by Gasteiger charge is -2.28. The number of ether oxygens (including phenoxy) is 1. The Labute approximate surface area is 115 Å². The zero-order chi connectivity index (χ0) is 13.8. The first-order chi connectivity index (χ1) is 9.15. The van der Waals surface area contributed by atoms with Crippen molar-refractivity contribution in [1.82, 2.24) is 0 Å². The summed E-state index contributed by atoms with van der Waals surface area (Å²) in [6.07, 6.45) is 0.961. The van der Waals surface area contributed by atoms with Crippen LogP contribution in [0.4, 0.5) is 11.4 Å². The third-order valence-electron chi connectivity index (χ3n) is 3.57. The summed E-state index contributed by atoms with van der Waals surface area (Å²) in [5.41, 5.74) is 2.09. The van der Waals surface area contributed by atoms with Gasteiger partial charge in [-0.1, -0.05) is 12.1 Å². The van der Waals surface area contributed by atoms with Crippen molar-refractivity contribution in [2.24, 2.45) is 0 Å². The fourth-order valence-electron chi connectivity index (χ4n) is 2.50. The Morgan fingerprint density at radius 1 is 1.37 bits per heavy atom. The Kier molecular flexibility index (Phi) is 4.43. The van der Waals surface area contributed by atoms with E-state index in [0.29, 0.717) is 6.61 Å². The molecule has 0 bridgehead atoms. The van der Waals surface area contributed by atoms with E-state index in [0.717, 1.165) is 24.3 Å². The number of anilines is 2. The topological polar surface area (TPSA) is 32.8 Å². The van der Waals surface area contributed by atoms with E-state index in [2.05, 4.69) is 24.9 Å². The van der Waals surface area contributed by atoms with Crippen LogP contribution in [0.15, 0.2) is 24.3 Å². The molecule has 1 atom stereocenters. The van der Waals surface area contributed by atoms with Gasteiger partial charge in [-0.2, -0.15) is 0 Å². The number of hydrogen-bond acceptors (Lipinski definition) is 3. The van der Waals surface area contributed by atoms with Crippen molar-refractivity contribution in [3.63, 3.8) is 0 Å². The lowest BCUT2D eigenvalue weighted by atomic mass is 10.2. The molecular formula is C15H22N2O2. The van der Waals surface area contributed by atoms with E-state index in [1.54, 1.807) is 0 Å². The van der Waals surface area contributed by atoms with Crippen LogP contribution in [0.1, 0.15) is 20.3 Å². The molecule has 19 heavy (non-hydrogen) atoms. The summed E-state index contributed by atoms with van der Waals surface area (Å²) in [4.78, 5) is 16.5. The van der Waals surface area contributed by atoms with E-state index < -0.39 is 0 Å². The molecular weight excluding hydrogens is 240 g/mol. The average Bonchev–Trinajstić information content (AvgIpc) is 2.54. The standard InChI is InChI=1S/C15H22N2O2/c1-4-19-11-15(18)17-12(2)9-10-16(3)13-7-5-6-8-14(13)17/h5-8,12H,4,9-11H2,1-3H3/t12-/m0/s1. The summed E-state index contributed by atoms with van der Waals surface area (Å²) in [7, 11) is 2.07. The normalized spacial score (nSPS) is 19.0. The molecule has 0 unspecified atom stereocenters. The molecule has 1 aromatic rings. The Hall–Kier alpha value is -1.55. The smallest absolute Gasteiger partial charge is 0.253 e. The Morgan fingerprint density at radius 3 is 2.74 bits per heavy atom. The average molecular weight is 262 g/mol. The molecule has 0 saturated heterocycles. The van der Waals surface area contributed by atoms with E-state index in [1.807, 2.05) is 30.0 Å². The molecule has 4 nitrogen and oxygen atoms in total. The van der Waals surface area contributed by atoms with Crippen LogP contribution in [-0.4, -0.2) is 38.8 Å². The van der Waals surface area contributed by atoms with Gasteiger partial charge in [0.1, 0.15) is 6.61 Å². The van der Waals surface area contributed by atoms with E-state index in [-0.39, 0.29) is 18.6 Å². The number of amides is 1. The maximum Gasteiger partial charge on any atom is 0.253 e. The highest BCUT2D eigenvalue weighted by Crippen LogP contribution is 2.33. The number of hydrogen-bond donors (Lipinski definition) is 0. The molecule has 1 aliphatic heterocycles. The molecule has 0 aromatic heterocycles. The molecule has 1 aromatic carbocycles. The summed E-state index contributed by atoms with van der Waals surface area (Å²) >= 11 is 0. The minimum Gasteiger partial charge on any atom is -0.373 e. The van der Waals surface area contributed by atoms with Gasteiger partial charge in [-0.25, -0.2) is 0 Å². The quantitative estimate of drug-likeness (QED) is 0.838. The van der Waals surface area contributed by atoms with Gasteiger partial charge in [-0.15, -0.1) is 0 Å². The maximum atomic E-state index is 12.4. The van der Waals surface area contributed by atoms with Crippen molar-refractivity contribution < 1.29 is 9.53 Å². The fourth-order valence-corrected chi connectivity index (χ4v) is 2.50. The highest BCUT2D eigenvalue weighted by Gasteiger charge is 2.27. The molecule has 0 fully saturated rings. The van der Waals surface area contributed by atoms with Crippen molar-refractivity contribution in [2.75, 3.05) is 36.6 Å². The molecule has 1 aliphatic rings. The largest absolute Gasteiger partial charge is 0.373 e. The fraction of sp³-hybridized carbons (Fsp3) is 0.533. The van der Waals surface area contributed by atoms with Crippen LogP contribution in [0.3, 0.4) is 0 Å². The van der Waals surface area contributed by atoms with Crippen molar-refractivity contribution in [3.8, 4) is 0 Å².